The average molecular weight is 275 g/mol. The van der Waals surface area contributed by atoms with Crippen molar-refractivity contribution >= 4 is 11.9 Å². The fourth-order valence-corrected chi connectivity index (χ4v) is 1.67. The second-order valence-corrected chi connectivity index (χ2v) is 4.09. The molecule has 1 aromatic heterocycles. The minimum atomic E-state index is -1.01. The zero-order chi connectivity index (χ0) is 14.5. The Hall–Kier alpha value is -2.63. The van der Waals surface area contributed by atoms with Crippen molar-refractivity contribution in [3.63, 3.8) is 0 Å². The lowest BCUT2D eigenvalue weighted by molar-refractivity contribution is -0.140. The molecule has 0 saturated heterocycles. The second kappa shape index (κ2) is 6.01. The maximum atomic E-state index is 11.0. The lowest BCUT2D eigenvalue weighted by Gasteiger charge is -1.98. The van der Waals surface area contributed by atoms with Gasteiger partial charge in [0.2, 0.25) is 5.89 Å². The molecule has 0 aliphatic rings. The van der Waals surface area contributed by atoms with Crippen LogP contribution in [0.2, 0.25) is 0 Å². The molecule has 0 radical (unpaired) electrons. The highest BCUT2D eigenvalue weighted by atomic mass is 16.5. The zero-order valence-electron chi connectivity index (χ0n) is 10.8. The lowest BCUT2D eigenvalue weighted by Crippen LogP contribution is -2.01. The normalized spacial score (nSPS) is 10.2. The van der Waals surface area contributed by atoms with Crippen LogP contribution in [0.15, 0.2) is 34.9 Å². The van der Waals surface area contributed by atoms with Crippen molar-refractivity contribution < 1.29 is 23.8 Å². The van der Waals surface area contributed by atoms with Gasteiger partial charge >= 0.3 is 11.9 Å². The predicted octanol–water partition coefficient (Wildman–Crippen LogP) is 2.15. The van der Waals surface area contributed by atoms with Crippen LogP contribution in [0, 0.1) is 0 Å². The number of oxazole rings is 1. The minimum absolute atomic E-state index is 0.164. The SMILES string of the molecule is COC(=O)CCc1cnc(-c2cccc(C(=O)O)c2)o1. The fraction of sp³-hybridized carbons (Fsp3) is 0.214. The highest BCUT2D eigenvalue weighted by Crippen LogP contribution is 2.21. The summed E-state index contributed by atoms with van der Waals surface area (Å²) in [7, 11) is 1.32. The number of ether oxygens (including phenoxy) is 1. The molecule has 20 heavy (non-hydrogen) atoms. The molecule has 1 heterocycles. The minimum Gasteiger partial charge on any atom is -0.478 e. The van der Waals surface area contributed by atoms with Gasteiger partial charge in [-0.1, -0.05) is 6.07 Å². The number of hydrogen-bond donors (Lipinski definition) is 1. The number of carboxylic acid groups (broad SMARTS) is 1. The average Bonchev–Trinajstić information content (AvgIpc) is 2.93. The summed E-state index contributed by atoms with van der Waals surface area (Å²) in [6, 6.07) is 6.31. The summed E-state index contributed by atoms with van der Waals surface area (Å²) in [5.41, 5.74) is 0.742. The molecule has 2 rings (SSSR count). The van der Waals surface area contributed by atoms with Gasteiger partial charge in [0.05, 0.1) is 25.3 Å². The molecule has 104 valence electrons. The number of aromatic carboxylic acids is 1. The van der Waals surface area contributed by atoms with Crippen LogP contribution in [0.5, 0.6) is 0 Å². The largest absolute Gasteiger partial charge is 0.478 e. The van der Waals surface area contributed by atoms with Gasteiger partial charge in [0, 0.05) is 12.0 Å². The molecule has 0 saturated carbocycles. The zero-order valence-corrected chi connectivity index (χ0v) is 10.8. The maximum Gasteiger partial charge on any atom is 0.335 e. The quantitative estimate of drug-likeness (QED) is 0.841. The lowest BCUT2D eigenvalue weighted by atomic mass is 10.1. The van der Waals surface area contributed by atoms with Crippen LogP contribution < -0.4 is 0 Å². The first-order valence-electron chi connectivity index (χ1n) is 5.95. The van der Waals surface area contributed by atoms with Crippen molar-refractivity contribution in [1.82, 2.24) is 4.98 Å². The fourth-order valence-electron chi connectivity index (χ4n) is 1.67. The summed E-state index contributed by atoms with van der Waals surface area (Å²) in [6.45, 7) is 0. The van der Waals surface area contributed by atoms with Crippen LogP contribution in [-0.2, 0) is 16.0 Å². The van der Waals surface area contributed by atoms with Crippen molar-refractivity contribution in [1.29, 1.82) is 0 Å². The van der Waals surface area contributed by atoms with Gasteiger partial charge in [-0.2, -0.15) is 0 Å². The second-order valence-electron chi connectivity index (χ2n) is 4.09. The summed E-state index contributed by atoms with van der Waals surface area (Å²) in [6.07, 6.45) is 2.12. The van der Waals surface area contributed by atoms with Crippen LogP contribution in [0.1, 0.15) is 22.5 Å². The number of aromatic nitrogens is 1. The Morgan fingerprint density at radius 1 is 1.40 bits per heavy atom. The number of carbonyl (C=O) groups excluding carboxylic acids is 1. The molecule has 0 aliphatic carbocycles. The van der Waals surface area contributed by atoms with E-state index in [4.69, 9.17) is 9.52 Å². The van der Waals surface area contributed by atoms with Gasteiger partial charge in [-0.3, -0.25) is 4.79 Å². The Kier molecular flexibility index (Phi) is 4.14. The highest BCUT2D eigenvalue weighted by molar-refractivity contribution is 5.88. The molecule has 2 aromatic rings. The Balaban J connectivity index is 2.14. The van der Waals surface area contributed by atoms with E-state index in [9.17, 15) is 9.59 Å². The number of aryl methyl sites for hydroxylation is 1. The molecule has 1 aromatic carbocycles. The molecule has 0 bridgehead atoms. The first-order chi connectivity index (χ1) is 9.60. The third-order valence-electron chi connectivity index (χ3n) is 2.71. The molecule has 6 heteroatoms. The van der Waals surface area contributed by atoms with Crippen LogP contribution in [-0.4, -0.2) is 29.1 Å². The Morgan fingerprint density at radius 3 is 2.90 bits per heavy atom. The molecule has 0 unspecified atom stereocenters. The molecular formula is C14H13NO5. The van der Waals surface area contributed by atoms with Gasteiger partial charge in [-0.15, -0.1) is 0 Å². The molecule has 0 amide bonds. The number of hydrogen-bond acceptors (Lipinski definition) is 5. The standard InChI is InChI=1S/C14H13NO5/c1-19-12(16)6-5-11-8-15-13(20-11)9-3-2-4-10(7-9)14(17)18/h2-4,7-8H,5-6H2,1H3,(H,17,18). The third kappa shape index (κ3) is 3.23. The Morgan fingerprint density at radius 2 is 2.20 bits per heavy atom. The number of rotatable bonds is 5. The summed E-state index contributed by atoms with van der Waals surface area (Å²) < 4.78 is 10.0. The highest BCUT2D eigenvalue weighted by Gasteiger charge is 2.11. The van der Waals surface area contributed by atoms with E-state index in [1.54, 1.807) is 12.1 Å². The molecule has 1 N–H and O–H groups in total. The van der Waals surface area contributed by atoms with Crippen LogP contribution in [0.25, 0.3) is 11.5 Å². The Bertz CT molecular complexity index is 632. The van der Waals surface area contributed by atoms with Gasteiger partial charge < -0.3 is 14.3 Å². The summed E-state index contributed by atoms with van der Waals surface area (Å²) in [5.74, 6) is -0.459. The number of carbonyl (C=O) groups is 2. The summed E-state index contributed by atoms with van der Waals surface area (Å²) >= 11 is 0. The van der Waals surface area contributed by atoms with Crippen molar-refractivity contribution in [2.24, 2.45) is 0 Å². The topological polar surface area (TPSA) is 89.6 Å². The first-order valence-corrected chi connectivity index (χ1v) is 5.95. The summed E-state index contributed by atoms with van der Waals surface area (Å²) in [5, 5.41) is 8.93. The van der Waals surface area contributed by atoms with Gasteiger partial charge in [-0.25, -0.2) is 9.78 Å². The number of benzene rings is 1. The van der Waals surface area contributed by atoms with Crippen LogP contribution in [0.4, 0.5) is 0 Å². The van der Waals surface area contributed by atoms with Gasteiger partial charge in [-0.05, 0) is 18.2 Å². The number of methoxy groups -OCH3 is 1. The van der Waals surface area contributed by atoms with E-state index < -0.39 is 5.97 Å². The number of carboxylic acids is 1. The van der Waals surface area contributed by atoms with E-state index in [0.717, 1.165) is 0 Å². The maximum absolute atomic E-state index is 11.0. The smallest absolute Gasteiger partial charge is 0.335 e. The van der Waals surface area contributed by atoms with Gasteiger partial charge in [0.15, 0.2) is 0 Å². The van der Waals surface area contributed by atoms with E-state index in [0.29, 0.717) is 23.6 Å². The van der Waals surface area contributed by atoms with E-state index in [1.165, 1.54) is 25.4 Å². The van der Waals surface area contributed by atoms with E-state index in [-0.39, 0.29) is 18.0 Å². The van der Waals surface area contributed by atoms with E-state index in [1.807, 2.05) is 0 Å². The van der Waals surface area contributed by atoms with Crippen molar-refractivity contribution in [3.8, 4) is 11.5 Å². The molecule has 0 atom stereocenters. The molecule has 6 nitrogen and oxygen atoms in total. The van der Waals surface area contributed by atoms with Gasteiger partial charge in [0.25, 0.3) is 0 Å². The molecule has 0 fully saturated rings. The van der Waals surface area contributed by atoms with Crippen molar-refractivity contribution in [3.05, 3.63) is 41.8 Å². The summed E-state index contributed by atoms with van der Waals surface area (Å²) in [4.78, 5) is 26.0. The van der Waals surface area contributed by atoms with Gasteiger partial charge in [0.1, 0.15) is 5.76 Å². The van der Waals surface area contributed by atoms with E-state index in [2.05, 4.69) is 9.72 Å². The van der Waals surface area contributed by atoms with Crippen LogP contribution in [0.3, 0.4) is 0 Å². The Labute approximate surface area is 115 Å². The molecule has 0 aliphatic heterocycles. The van der Waals surface area contributed by atoms with Crippen molar-refractivity contribution in [2.45, 2.75) is 12.8 Å². The predicted molar refractivity (Wildman–Crippen MR) is 69.2 cm³/mol. The third-order valence-corrected chi connectivity index (χ3v) is 2.71. The first kappa shape index (κ1) is 13.8. The number of nitrogens with zero attached hydrogens (tertiary/aromatic N) is 1. The number of esters is 1. The van der Waals surface area contributed by atoms with E-state index >= 15 is 0 Å². The van der Waals surface area contributed by atoms with Crippen LogP contribution >= 0.6 is 0 Å². The monoisotopic (exact) mass is 275 g/mol. The molecule has 0 spiro atoms. The van der Waals surface area contributed by atoms with Crippen molar-refractivity contribution in [2.75, 3.05) is 7.11 Å². The molecular weight excluding hydrogens is 262 g/mol.